The van der Waals surface area contributed by atoms with Crippen molar-refractivity contribution >= 4 is 21.9 Å². The topological polar surface area (TPSA) is 54.5 Å². The van der Waals surface area contributed by atoms with Gasteiger partial charge >= 0.3 is 21.1 Å². The first-order chi connectivity index (χ1) is 11.9. The molecule has 154 valence electrons. The summed E-state index contributed by atoms with van der Waals surface area (Å²) >= 11 is 0. The molecule has 29 heavy (non-hydrogen) atoms. The maximum absolute atomic E-state index is 8.85. The van der Waals surface area contributed by atoms with Crippen LogP contribution in [0.5, 0.6) is 0 Å². The van der Waals surface area contributed by atoms with Crippen LogP contribution in [-0.2, 0) is 27.6 Å². The van der Waals surface area contributed by atoms with Gasteiger partial charge in [0.15, 0.2) is 0 Å². The van der Waals surface area contributed by atoms with Crippen molar-refractivity contribution < 1.29 is 70.7 Å². The number of rotatable bonds is 4. The van der Waals surface area contributed by atoms with Gasteiger partial charge in [0.2, 0.25) is 0 Å². The Kier molecular flexibility index (Phi) is 14.2. The van der Waals surface area contributed by atoms with Crippen LogP contribution < -0.4 is 49.6 Å². The molecular weight excluding hydrogens is 633 g/mol. The zero-order valence-corrected chi connectivity index (χ0v) is 20.3. The van der Waals surface area contributed by atoms with Crippen LogP contribution in [0.3, 0.4) is 0 Å². The molecule has 0 amide bonds. The molecule has 0 aliphatic rings. The Labute approximate surface area is 209 Å². The fourth-order valence-electron chi connectivity index (χ4n) is 3.11. The van der Waals surface area contributed by atoms with E-state index in [9.17, 15) is 0 Å². The molecule has 0 N–H and O–H groups in total. The quantitative estimate of drug-likeness (QED) is 0.207. The first kappa shape index (κ1) is 29.9. The monoisotopic (exact) mass is 647 g/mol. The summed E-state index contributed by atoms with van der Waals surface area (Å²) in [4.78, 5) is 9.41. The van der Waals surface area contributed by atoms with Gasteiger partial charge in [0, 0.05) is 30.1 Å². The number of hydrogen-bond acceptors (Lipinski definition) is 3. The second kappa shape index (κ2) is 13.8. The molecule has 0 atom stereocenters. The predicted octanol–water partition coefficient (Wildman–Crippen LogP) is -7.43. The molecule has 9 heteroatoms. The number of aromatic nitrogens is 3. The molecule has 2 aromatic carbocycles. The largest absolute Gasteiger partial charge is 4.00 e. The molecule has 0 saturated heterocycles. The van der Waals surface area contributed by atoms with Crippen LogP contribution in [0.15, 0.2) is 60.8 Å². The predicted molar refractivity (Wildman–Crippen MR) is 95.3 cm³/mol. The smallest absolute Gasteiger partial charge is 1.00 e. The zero-order chi connectivity index (χ0) is 16.4. The van der Waals surface area contributed by atoms with E-state index in [2.05, 4.69) is 39.9 Å². The first-order valence-electron chi connectivity index (χ1n) is 8.05. The van der Waals surface area contributed by atoms with Crippen LogP contribution in [0.4, 0.5) is 0 Å². The number of pyridine rings is 1. The van der Waals surface area contributed by atoms with Crippen molar-refractivity contribution in [3.63, 3.8) is 0 Å². The van der Waals surface area contributed by atoms with E-state index in [1.54, 1.807) is 0 Å². The normalized spacial score (nSPS) is 9.07. The number of halogens is 4. The number of nitriles is 1. The maximum atomic E-state index is 8.85. The van der Waals surface area contributed by atoms with E-state index >= 15 is 0 Å². The Bertz CT molecular complexity index is 1070. The summed E-state index contributed by atoms with van der Waals surface area (Å²) < 4.78 is 2.20. The number of unbranched alkanes of at least 4 members (excludes halogenated alkanes) is 1. The van der Waals surface area contributed by atoms with Gasteiger partial charge in [0.1, 0.15) is 5.82 Å². The van der Waals surface area contributed by atoms with Gasteiger partial charge < -0.3 is 54.2 Å². The van der Waals surface area contributed by atoms with Crippen LogP contribution in [-0.4, -0.2) is 14.5 Å². The summed E-state index contributed by atoms with van der Waals surface area (Å²) in [6.07, 6.45) is 3.16. The SMILES string of the molecule is N#CCCCn1c(-c2cccc3cccnc23)nc2ccccc21.[Cl-].[Cl-].[Cl-].[Cl-].[Pt+4]. The van der Waals surface area contributed by atoms with E-state index in [-0.39, 0.29) is 70.7 Å². The second-order valence-corrected chi connectivity index (χ2v) is 5.72. The van der Waals surface area contributed by atoms with E-state index in [4.69, 9.17) is 10.2 Å². The molecule has 0 radical (unpaired) electrons. The summed E-state index contributed by atoms with van der Waals surface area (Å²) in [5, 5.41) is 9.95. The van der Waals surface area contributed by atoms with Gasteiger partial charge in [-0.1, -0.05) is 30.3 Å². The molecule has 0 saturated carbocycles. The van der Waals surface area contributed by atoms with Gasteiger partial charge in [0.05, 0.1) is 22.6 Å². The van der Waals surface area contributed by atoms with Crippen molar-refractivity contribution in [1.82, 2.24) is 14.5 Å². The van der Waals surface area contributed by atoms with Gasteiger partial charge in [-0.25, -0.2) is 4.98 Å². The molecule has 0 bridgehead atoms. The fraction of sp³-hybridized carbons (Fsp3) is 0.150. The van der Waals surface area contributed by atoms with Crippen molar-refractivity contribution in [2.24, 2.45) is 0 Å². The van der Waals surface area contributed by atoms with Gasteiger partial charge in [-0.2, -0.15) is 5.26 Å². The van der Waals surface area contributed by atoms with Gasteiger partial charge in [-0.15, -0.1) is 0 Å². The van der Waals surface area contributed by atoms with Crippen molar-refractivity contribution in [2.75, 3.05) is 0 Å². The summed E-state index contributed by atoms with van der Waals surface area (Å²) in [6.45, 7) is 0.770. The number of hydrogen-bond donors (Lipinski definition) is 0. The third kappa shape index (κ3) is 6.07. The van der Waals surface area contributed by atoms with Crippen molar-refractivity contribution in [1.29, 1.82) is 5.26 Å². The van der Waals surface area contributed by atoms with Crippen LogP contribution in [0.1, 0.15) is 12.8 Å². The molecular formula is C20H16Cl4N4Pt. The number of fused-ring (bicyclic) bond motifs is 2. The average molecular weight is 649 g/mol. The summed E-state index contributed by atoms with van der Waals surface area (Å²) in [6, 6.07) is 20.5. The van der Waals surface area contributed by atoms with E-state index in [0.717, 1.165) is 46.3 Å². The van der Waals surface area contributed by atoms with E-state index < -0.39 is 0 Å². The molecule has 0 spiro atoms. The standard InChI is InChI=1S/C20H16N4.4ClH.Pt/c21-12-3-4-14-24-18-11-2-1-10-17(18)23-20(24)16-9-5-7-15-8-6-13-22-19(15)16;;;;;/h1-2,5-11,13H,3-4,14H2;4*1H;/q;;;;;+4/p-4. The molecule has 4 rings (SSSR count). The van der Waals surface area contributed by atoms with Gasteiger partial charge in [0.25, 0.3) is 0 Å². The Hall–Kier alpha value is -1.34. The molecule has 2 aromatic heterocycles. The minimum Gasteiger partial charge on any atom is -1.00 e. The van der Waals surface area contributed by atoms with Gasteiger partial charge in [-0.3, -0.25) is 4.98 Å². The number of benzene rings is 2. The maximum Gasteiger partial charge on any atom is 4.00 e. The average Bonchev–Trinajstić information content (AvgIpc) is 3.00. The molecule has 0 aliphatic heterocycles. The first-order valence-corrected chi connectivity index (χ1v) is 8.05. The molecule has 2 heterocycles. The van der Waals surface area contributed by atoms with E-state index in [1.807, 2.05) is 36.5 Å². The third-order valence-electron chi connectivity index (χ3n) is 4.20. The molecule has 0 unspecified atom stereocenters. The Balaban J connectivity index is 0. The van der Waals surface area contributed by atoms with E-state index in [0.29, 0.717) is 6.42 Å². The minimum atomic E-state index is 0. The molecule has 0 aliphatic carbocycles. The Morgan fingerprint density at radius 3 is 2.38 bits per heavy atom. The minimum absolute atomic E-state index is 0. The number of para-hydroxylation sites is 3. The summed E-state index contributed by atoms with van der Waals surface area (Å²) in [5.74, 6) is 0.915. The number of nitrogens with zero attached hydrogens (tertiary/aromatic N) is 4. The van der Waals surface area contributed by atoms with Gasteiger partial charge in [-0.05, 0) is 30.7 Å². The molecule has 4 aromatic rings. The zero-order valence-electron chi connectivity index (χ0n) is 15.0. The Morgan fingerprint density at radius 1 is 0.897 bits per heavy atom. The number of aryl methyl sites for hydroxylation is 1. The second-order valence-electron chi connectivity index (χ2n) is 5.72. The summed E-state index contributed by atoms with van der Waals surface area (Å²) in [5.41, 5.74) is 4.05. The van der Waals surface area contributed by atoms with Crippen LogP contribution >= 0.6 is 0 Å². The Morgan fingerprint density at radius 2 is 1.62 bits per heavy atom. The van der Waals surface area contributed by atoms with Crippen LogP contribution in [0.25, 0.3) is 33.3 Å². The molecule has 0 fully saturated rings. The fourth-order valence-corrected chi connectivity index (χ4v) is 3.11. The van der Waals surface area contributed by atoms with Crippen LogP contribution in [0, 0.1) is 11.3 Å². The van der Waals surface area contributed by atoms with Crippen LogP contribution in [0.2, 0.25) is 0 Å². The van der Waals surface area contributed by atoms with Crippen molar-refractivity contribution in [3.05, 3.63) is 60.8 Å². The van der Waals surface area contributed by atoms with E-state index in [1.165, 1.54) is 0 Å². The molecule has 4 nitrogen and oxygen atoms in total. The van der Waals surface area contributed by atoms with Crippen molar-refractivity contribution in [3.8, 4) is 17.5 Å². The number of imidazole rings is 1. The third-order valence-corrected chi connectivity index (χ3v) is 4.20. The van der Waals surface area contributed by atoms with Crippen molar-refractivity contribution in [2.45, 2.75) is 19.4 Å². The summed E-state index contributed by atoms with van der Waals surface area (Å²) in [7, 11) is 0.